The molecule has 1 heterocycles. The first kappa shape index (κ1) is 14.0. The van der Waals surface area contributed by atoms with Crippen molar-refractivity contribution < 1.29 is 32.3 Å². The Morgan fingerprint density at radius 1 is 1.33 bits per heavy atom. The fourth-order valence-electron chi connectivity index (χ4n) is 1.29. The van der Waals surface area contributed by atoms with Crippen LogP contribution in [-0.4, -0.2) is 44.2 Å². The van der Waals surface area contributed by atoms with Gasteiger partial charge in [0.2, 0.25) is 0 Å². The van der Waals surface area contributed by atoms with Crippen molar-refractivity contribution >= 4 is 6.16 Å². The van der Waals surface area contributed by atoms with Gasteiger partial charge in [-0.05, 0) is 0 Å². The van der Waals surface area contributed by atoms with E-state index in [0.29, 0.717) is 12.8 Å². The summed E-state index contributed by atoms with van der Waals surface area (Å²) in [7, 11) is 2.29. The van der Waals surface area contributed by atoms with Crippen molar-refractivity contribution in [2.24, 2.45) is 0 Å². The minimum Gasteiger partial charge on any atom is -0.553 e. The molecule has 0 aromatic heterocycles. The molecule has 0 radical (unpaired) electrons. The molecule has 0 N–H and O–H groups in total. The third-order valence-electron chi connectivity index (χ3n) is 2.33. The van der Waals surface area contributed by atoms with E-state index in [1.165, 1.54) is 7.05 Å². The van der Waals surface area contributed by atoms with Crippen LogP contribution in [0.4, 0.5) is 18.0 Å². The van der Waals surface area contributed by atoms with Crippen LogP contribution in [0.3, 0.4) is 0 Å². The molecule has 4 nitrogen and oxygen atoms in total. The molecule has 0 aromatic rings. The highest BCUT2D eigenvalue weighted by Crippen LogP contribution is 2.32. The Labute approximate surface area is 85.8 Å². The van der Waals surface area contributed by atoms with Gasteiger partial charge in [-0.25, -0.2) is 4.48 Å². The molecule has 1 aliphatic rings. The average molecular weight is 229 g/mol. The highest BCUT2D eigenvalue weighted by molar-refractivity contribution is 5.53. The van der Waals surface area contributed by atoms with Crippen LogP contribution in [0.15, 0.2) is 0 Å². The molecule has 0 unspecified atom stereocenters. The summed E-state index contributed by atoms with van der Waals surface area (Å²) < 4.78 is 39.2. The number of methoxy groups -OCH3 is 1. The molecule has 7 heteroatoms. The van der Waals surface area contributed by atoms with Gasteiger partial charge in [0, 0.05) is 20.0 Å². The molecular formula is C8H14F3NO3. The van der Waals surface area contributed by atoms with Gasteiger partial charge in [0.05, 0.1) is 20.1 Å². The number of carbonyl (C=O) groups excluding carboxylic acids is 1. The smallest absolute Gasteiger partial charge is 0.553 e. The number of carbonyl (C=O) groups is 1. The van der Waals surface area contributed by atoms with E-state index in [9.17, 15) is 13.2 Å². The SMILES string of the molecule is COC(=O)[O-].C[N+]1(C(F)(F)F)CCCC1. The highest BCUT2D eigenvalue weighted by atomic mass is 19.4. The Morgan fingerprint density at radius 3 is 1.80 bits per heavy atom. The Balaban J connectivity index is 0.000000336. The largest absolute Gasteiger partial charge is 0.560 e. The minimum absolute atomic E-state index is 0.253. The van der Waals surface area contributed by atoms with Gasteiger partial charge in [0.25, 0.3) is 6.16 Å². The lowest BCUT2D eigenvalue weighted by Gasteiger charge is -2.29. The summed E-state index contributed by atoms with van der Waals surface area (Å²) in [6.45, 7) is 0.507. The van der Waals surface area contributed by atoms with Gasteiger partial charge in [-0.3, -0.25) is 0 Å². The van der Waals surface area contributed by atoms with Crippen LogP contribution in [-0.2, 0) is 4.74 Å². The van der Waals surface area contributed by atoms with Crippen LogP contribution in [0.5, 0.6) is 0 Å². The molecule has 0 aromatic carbocycles. The molecule has 0 atom stereocenters. The molecular weight excluding hydrogens is 215 g/mol. The van der Waals surface area contributed by atoms with Crippen molar-refractivity contribution in [1.82, 2.24) is 0 Å². The Hall–Kier alpha value is -0.980. The van der Waals surface area contributed by atoms with Crippen LogP contribution in [0.1, 0.15) is 12.8 Å². The second-order valence-electron chi connectivity index (χ2n) is 3.47. The summed E-state index contributed by atoms with van der Waals surface area (Å²) >= 11 is 0. The first-order valence-electron chi connectivity index (χ1n) is 4.39. The van der Waals surface area contributed by atoms with Crippen molar-refractivity contribution in [3.63, 3.8) is 0 Å². The van der Waals surface area contributed by atoms with Crippen LogP contribution in [0.25, 0.3) is 0 Å². The topological polar surface area (TPSA) is 49.4 Å². The van der Waals surface area contributed by atoms with Gasteiger partial charge in [-0.2, -0.15) is 0 Å². The van der Waals surface area contributed by atoms with Gasteiger partial charge < -0.3 is 14.6 Å². The molecule has 1 fully saturated rings. The Morgan fingerprint density at radius 2 is 1.67 bits per heavy atom. The van der Waals surface area contributed by atoms with E-state index < -0.39 is 16.9 Å². The van der Waals surface area contributed by atoms with Crippen molar-refractivity contribution in [3.05, 3.63) is 0 Å². The second-order valence-corrected chi connectivity index (χ2v) is 3.47. The predicted molar refractivity (Wildman–Crippen MR) is 43.6 cm³/mol. The maximum atomic E-state index is 12.1. The van der Waals surface area contributed by atoms with Crippen LogP contribution < -0.4 is 5.11 Å². The molecule has 1 rings (SSSR count). The Bertz CT molecular complexity index is 212. The van der Waals surface area contributed by atoms with E-state index in [1.54, 1.807) is 0 Å². The number of likely N-dealkylation sites (tertiary alicyclic amines) is 1. The summed E-state index contributed by atoms with van der Waals surface area (Å²) in [6, 6.07) is 0. The number of ether oxygens (including phenoxy) is 1. The number of hydrogen-bond acceptors (Lipinski definition) is 3. The lowest BCUT2D eigenvalue weighted by Crippen LogP contribution is -2.52. The number of quaternary nitrogens is 1. The molecule has 0 bridgehead atoms. The third kappa shape index (κ3) is 4.37. The van der Waals surface area contributed by atoms with E-state index in [0.717, 1.165) is 7.11 Å². The number of rotatable bonds is 0. The van der Waals surface area contributed by atoms with Gasteiger partial charge >= 0.3 is 6.30 Å². The molecule has 90 valence electrons. The molecule has 0 saturated carbocycles. The standard InChI is InChI=1S/C6H11F3N.C2H4O3/c1-10(6(7,8)9)4-2-3-5-10;1-5-2(3)4/h2-5H2,1H3;1H3,(H,3,4)/q+1;/p-1. The van der Waals surface area contributed by atoms with Crippen LogP contribution in [0.2, 0.25) is 0 Å². The maximum absolute atomic E-state index is 12.1. The number of alkyl halides is 3. The second kappa shape index (κ2) is 5.20. The van der Waals surface area contributed by atoms with E-state index in [2.05, 4.69) is 4.74 Å². The van der Waals surface area contributed by atoms with E-state index in [1.807, 2.05) is 0 Å². The van der Waals surface area contributed by atoms with E-state index in [-0.39, 0.29) is 13.1 Å². The lowest BCUT2D eigenvalue weighted by atomic mass is 10.4. The zero-order valence-corrected chi connectivity index (χ0v) is 8.63. The molecule has 15 heavy (non-hydrogen) atoms. The van der Waals surface area contributed by atoms with Crippen molar-refractivity contribution in [1.29, 1.82) is 0 Å². The van der Waals surface area contributed by atoms with Gasteiger partial charge in [0.15, 0.2) is 0 Å². The monoisotopic (exact) mass is 229 g/mol. The van der Waals surface area contributed by atoms with Crippen molar-refractivity contribution in [3.8, 4) is 0 Å². The fraction of sp³-hybridized carbons (Fsp3) is 0.875. The summed E-state index contributed by atoms with van der Waals surface area (Å²) in [5, 5.41) is 9.03. The summed E-state index contributed by atoms with van der Waals surface area (Å²) in [4.78, 5) is 9.03. The average Bonchev–Trinajstić information content (AvgIpc) is 2.53. The number of hydrogen-bond donors (Lipinski definition) is 0. The van der Waals surface area contributed by atoms with Gasteiger partial charge in [0.1, 0.15) is 0 Å². The summed E-state index contributed by atoms with van der Waals surface area (Å²) in [5.74, 6) is 0. The van der Waals surface area contributed by atoms with Crippen LogP contribution in [0, 0.1) is 0 Å². The molecule has 0 amide bonds. The molecule has 0 aliphatic carbocycles. The number of nitrogens with zero attached hydrogens (tertiary/aromatic N) is 1. The maximum Gasteiger partial charge on any atom is 0.560 e. The van der Waals surface area contributed by atoms with E-state index >= 15 is 0 Å². The molecule has 0 spiro atoms. The highest BCUT2D eigenvalue weighted by Gasteiger charge is 2.52. The van der Waals surface area contributed by atoms with Gasteiger partial charge in [-0.1, -0.05) is 0 Å². The lowest BCUT2D eigenvalue weighted by molar-refractivity contribution is -1.00. The first-order valence-corrected chi connectivity index (χ1v) is 4.39. The molecule has 1 aliphatic heterocycles. The normalized spacial score (nSPS) is 19.0. The quantitative estimate of drug-likeness (QED) is 0.349. The third-order valence-corrected chi connectivity index (χ3v) is 2.33. The summed E-state index contributed by atoms with van der Waals surface area (Å²) in [6.07, 6.45) is -4.13. The zero-order chi connectivity index (χ0) is 12.1. The predicted octanol–water partition coefficient (Wildman–Crippen LogP) is 0.723. The zero-order valence-electron chi connectivity index (χ0n) is 8.63. The molecule has 1 saturated heterocycles. The number of halogens is 3. The van der Waals surface area contributed by atoms with Crippen molar-refractivity contribution in [2.75, 3.05) is 27.2 Å². The first-order chi connectivity index (χ1) is 6.73. The summed E-state index contributed by atoms with van der Waals surface area (Å²) in [5.41, 5.74) is 0. The number of carboxylic acid groups (broad SMARTS) is 1. The van der Waals surface area contributed by atoms with E-state index in [4.69, 9.17) is 9.90 Å². The van der Waals surface area contributed by atoms with Gasteiger partial charge in [-0.15, -0.1) is 13.2 Å². The van der Waals surface area contributed by atoms with Crippen molar-refractivity contribution in [2.45, 2.75) is 19.1 Å². The Kier molecular flexibility index (Phi) is 4.86. The fourth-order valence-corrected chi connectivity index (χ4v) is 1.29. The van der Waals surface area contributed by atoms with Crippen LogP contribution >= 0.6 is 0 Å². The minimum atomic E-state index is -4.05.